The summed E-state index contributed by atoms with van der Waals surface area (Å²) in [6.45, 7) is 4.14. The molecule has 0 bridgehead atoms. The molecule has 1 N–H and O–H groups in total. The van der Waals surface area contributed by atoms with E-state index in [1.165, 1.54) is 0 Å². The molecule has 7 nitrogen and oxygen atoms in total. The van der Waals surface area contributed by atoms with Crippen LogP contribution in [0, 0.1) is 0 Å². The number of hydrogen-bond donors (Lipinski definition) is 1. The van der Waals surface area contributed by atoms with Crippen molar-refractivity contribution in [3.63, 3.8) is 0 Å². The van der Waals surface area contributed by atoms with Crippen LogP contribution >= 0.6 is 0 Å². The van der Waals surface area contributed by atoms with Gasteiger partial charge in [0.2, 0.25) is 5.95 Å². The number of likely N-dealkylation sites (tertiary alicyclic amines) is 1. The molecule has 3 fully saturated rings. The Morgan fingerprint density at radius 1 is 1.20 bits per heavy atom. The Hall–Kier alpha value is -1.89. The Labute approximate surface area is 148 Å². The van der Waals surface area contributed by atoms with Crippen molar-refractivity contribution in [1.82, 2.24) is 20.2 Å². The van der Waals surface area contributed by atoms with E-state index in [9.17, 15) is 4.79 Å². The normalized spacial score (nSPS) is 29.4. The molecule has 1 aromatic heterocycles. The van der Waals surface area contributed by atoms with Crippen LogP contribution in [0.3, 0.4) is 0 Å². The second-order valence-electron chi connectivity index (χ2n) is 7.42. The molecule has 2 atom stereocenters. The number of nitrogens with one attached hydrogen (secondary N) is 1. The molecule has 0 aromatic carbocycles. The van der Waals surface area contributed by atoms with Crippen LogP contribution in [0.2, 0.25) is 0 Å². The van der Waals surface area contributed by atoms with Gasteiger partial charge in [-0.3, -0.25) is 0 Å². The first-order valence-corrected chi connectivity index (χ1v) is 9.47. The molecule has 7 heteroatoms. The molecule has 0 unspecified atom stereocenters. The van der Waals surface area contributed by atoms with E-state index in [1.807, 2.05) is 11.0 Å². The highest BCUT2D eigenvalue weighted by molar-refractivity contribution is 5.74. The van der Waals surface area contributed by atoms with E-state index < -0.39 is 0 Å². The standard InChI is InChI=1S/C18H27N5O2/c24-17(22-10-1-2-11-22)21-13-15-5-3-6-18(25-15)7-12-23(14-18)16-19-8-4-9-20-16/h4,8-9,15H,1-3,5-7,10-14H2,(H,21,24)/t15-,18-/m0/s1. The van der Waals surface area contributed by atoms with Gasteiger partial charge < -0.3 is 19.9 Å². The smallest absolute Gasteiger partial charge is 0.317 e. The summed E-state index contributed by atoms with van der Waals surface area (Å²) < 4.78 is 6.47. The highest BCUT2D eigenvalue weighted by Crippen LogP contribution is 2.37. The number of carbonyl (C=O) groups is 1. The molecule has 1 aromatic rings. The lowest BCUT2D eigenvalue weighted by atomic mass is 9.90. The number of amides is 2. The topological polar surface area (TPSA) is 70.6 Å². The van der Waals surface area contributed by atoms with Gasteiger partial charge in [0.1, 0.15) is 0 Å². The molecule has 0 saturated carbocycles. The Morgan fingerprint density at radius 2 is 2.00 bits per heavy atom. The molecule has 3 aliphatic heterocycles. The summed E-state index contributed by atoms with van der Waals surface area (Å²) in [7, 11) is 0. The average molecular weight is 345 g/mol. The van der Waals surface area contributed by atoms with Gasteiger partial charge in [-0.1, -0.05) is 0 Å². The van der Waals surface area contributed by atoms with Crippen LogP contribution in [-0.4, -0.2) is 65.3 Å². The zero-order chi connectivity index (χ0) is 17.1. The van der Waals surface area contributed by atoms with Crippen molar-refractivity contribution in [2.24, 2.45) is 0 Å². The quantitative estimate of drug-likeness (QED) is 0.904. The highest BCUT2D eigenvalue weighted by Gasteiger charge is 2.43. The molecule has 1 spiro atoms. The molecular formula is C18H27N5O2. The van der Waals surface area contributed by atoms with Gasteiger partial charge in [-0.15, -0.1) is 0 Å². The van der Waals surface area contributed by atoms with Crippen molar-refractivity contribution in [3.8, 4) is 0 Å². The third-order valence-electron chi connectivity index (χ3n) is 5.60. The maximum absolute atomic E-state index is 12.2. The van der Waals surface area contributed by atoms with Gasteiger partial charge in [-0.25, -0.2) is 14.8 Å². The van der Waals surface area contributed by atoms with Gasteiger partial charge in [0, 0.05) is 45.1 Å². The van der Waals surface area contributed by atoms with Crippen molar-refractivity contribution < 1.29 is 9.53 Å². The number of carbonyl (C=O) groups excluding carboxylic acids is 1. The van der Waals surface area contributed by atoms with E-state index in [4.69, 9.17) is 4.74 Å². The van der Waals surface area contributed by atoms with Crippen LogP contribution in [0.1, 0.15) is 38.5 Å². The summed E-state index contributed by atoms with van der Waals surface area (Å²) in [6.07, 6.45) is 10.2. The number of ether oxygens (including phenoxy) is 1. The molecule has 0 aliphatic carbocycles. The molecular weight excluding hydrogens is 318 g/mol. The predicted octanol–water partition coefficient (Wildman–Crippen LogP) is 1.80. The zero-order valence-electron chi connectivity index (χ0n) is 14.7. The van der Waals surface area contributed by atoms with Crippen molar-refractivity contribution in [2.45, 2.75) is 50.2 Å². The van der Waals surface area contributed by atoms with E-state index in [2.05, 4.69) is 20.2 Å². The minimum atomic E-state index is -0.111. The van der Waals surface area contributed by atoms with Crippen LogP contribution in [0.25, 0.3) is 0 Å². The maximum atomic E-state index is 12.2. The molecule has 3 aliphatic rings. The van der Waals surface area contributed by atoms with Gasteiger partial charge in [-0.05, 0) is 44.6 Å². The first-order valence-electron chi connectivity index (χ1n) is 9.47. The first-order chi connectivity index (χ1) is 12.2. The highest BCUT2D eigenvalue weighted by atomic mass is 16.5. The van der Waals surface area contributed by atoms with Crippen LogP contribution in [0.4, 0.5) is 10.7 Å². The van der Waals surface area contributed by atoms with Crippen molar-refractivity contribution in [3.05, 3.63) is 18.5 Å². The number of urea groups is 1. The van der Waals surface area contributed by atoms with Gasteiger partial charge in [0.25, 0.3) is 0 Å². The van der Waals surface area contributed by atoms with E-state index in [0.29, 0.717) is 6.54 Å². The minimum absolute atomic E-state index is 0.0615. The van der Waals surface area contributed by atoms with Crippen LogP contribution in [0.5, 0.6) is 0 Å². The molecule has 3 saturated heterocycles. The molecule has 25 heavy (non-hydrogen) atoms. The Morgan fingerprint density at radius 3 is 2.80 bits per heavy atom. The summed E-state index contributed by atoms with van der Waals surface area (Å²) in [5, 5.41) is 3.07. The SMILES string of the molecule is O=C(NC[C@@H]1CCC[C@@]2(CCN(c3ncccn3)C2)O1)N1CCCC1. The Bertz CT molecular complexity index is 592. The van der Waals surface area contributed by atoms with E-state index in [-0.39, 0.29) is 17.7 Å². The van der Waals surface area contributed by atoms with Gasteiger partial charge in [-0.2, -0.15) is 0 Å². The lowest BCUT2D eigenvalue weighted by Gasteiger charge is -2.38. The summed E-state index contributed by atoms with van der Waals surface area (Å²) in [4.78, 5) is 25.0. The van der Waals surface area contributed by atoms with Crippen LogP contribution in [0.15, 0.2) is 18.5 Å². The fraction of sp³-hybridized carbons (Fsp3) is 0.722. The second kappa shape index (κ2) is 7.15. The molecule has 0 radical (unpaired) electrons. The van der Waals surface area contributed by atoms with E-state index in [0.717, 1.165) is 70.7 Å². The summed E-state index contributed by atoms with van der Waals surface area (Å²) in [5.41, 5.74) is -0.111. The molecule has 2 amide bonds. The largest absolute Gasteiger partial charge is 0.368 e. The van der Waals surface area contributed by atoms with Gasteiger partial charge in [0.15, 0.2) is 0 Å². The fourth-order valence-electron chi connectivity index (χ4n) is 4.27. The number of rotatable bonds is 3. The minimum Gasteiger partial charge on any atom is -0.368 e. The lowest BCUT2D eigenvalue weighted by Crippen LogP contribution is -2.48. The number of aromatic nitrogens is 2. The summed E-state index contributed by atoms with van der Waals surface area (Å²) >= 11 is 0. The maximum Gasteiger partial charge on any atom is 0.317 e. The number of anilines is 1. The number of hydrogen-bond acceptors (Lipinski definition) is 5. The van der Waals surface area contributed by atoms with Crippen molar-refractivity contribution in [1.29, 1.82) is 0 Å². The van der Waals surface area contributed by atoms with Crippen LogP contribution in [-0.2, 0) is 4.74 Å². The average Bonchev–Trinajstić information content (AvgIpc) is 3.31. The van der Waals surface area contributed by atoms with Gasteiger partial charge in [0.05, 0.1) is 11.7 Å². The lowest BCUT2D eigenvalue weighted by molar-refractivity contribution is -0.113. The molecule has 136 valence electrons. The van der Waals surface area contributed by atoms with Crippen molar-refractivity contribution in [2.75, 3.05) is 37.6 Å². The molecule has 4 rings (SSSR count). The fourth-order valence-corrected chi connectivity index (χ4v) is 4.27. The third kappa shape index (κ3) is 3.71. The van der Waals surface area contributed by atoms with E-state index in [1.54, 1.807) is 12.4 Å². The zero-order valence-corrected chi connectivity index (χ0v) is 14.7. The Balaban J connectivity index is 1.31. The number of nitrogens with zero attached hydrogens (tertiary/aromatic N) is 4. The second-order valence-corrected chi connectivity index (χ2v) is 7.42. The third-order valence-corrected chi connectivity index (χ3v) is 5.60. The summed E-state index contributed by atoms with van der Waals surface area (Å²) in [6, 6.07) is 1.90. The van der Waals surface area contributed by atoms with Gasteiger partial charge >= 0.3 is 6.03 Å². The first kappa shape index (κ1) is 16.6. The predicted molar refractivity (Wildman–Crippen MR) is 94.5 cm³/mol. The van der Waals surface area contributed by atoms with E-state index >= 15 is 0 Å². The van der Waals surface area contributed by atoms with Crippen molar-refractivity contribution >= 4 is 12.0 Å². The van der Waals surface area contributed by atoms with Crippen LogP contribution < -0.4 is 10.2 Å². The molecule has 4 heterocycles. The Kier molecular flexibility index (Phi) is 4.74. The summed E-state index contributed by atoms with van der Waals surface area (Å²) in [5.74, 6) is 0.785. The monoisotopic (exact) mass is 345 g/mol.